The number of aliphatic hydroxyl groups excluding tert-OH is 1. The summed E-state index contributed by atoms with van der Waals surface area (Å²) in [4.78, 5) is 37.9. The fraction of sp³-hybridized carbons (Fsp3) is 0.333. The molecule has 0 spiro atoms. The third-order valence-corrected chi connectivity index (χ3v) is 8.24. The van der Waals surface area contributed by atoms with Crippen molar-refractivity contribution >= 4 is 44.1 Å². The van der Waals surface area contributed by atoms with Gasteiger partial charge >= 0.3 is 5.91 Å². The number of benzene rings is 2. The summed E-state index contributed by atoms with van der Waals surface area (Å²) in [5, 5.41) is 12.1. The lowest BCUT2D eigenvalue weighted by atomic mass is 9.84. The van der Waals surface area contributed by atoms with Gasteiger partial charge in [0.1, 0.15) is 17.6 Å². The number of thiazole rings is 1. The van der Waals surface area contributed by atoms with Gasteiger partial charge in [-0.05, 0) is 65.8 Å². The molecule has 1 aliphatic rings. The Morgan fingerprint density at radius 2 is 1.76 bits per heavy atom. The van der Waals surface area contributed by atoms with Gasteiger partial charge < -0.3 is 9.84 Å². The fourth-order valence-electron chi connectivity index (χ4n) is 5.03. The highest BCUT2D eigenvalue weighted by atomic mass is 32.1. The summed E-state index contributed by atoms with van der Waals surface area (Å²) in [6, 6.07) is 15.8. The van der Waals surface area contributed by atoms with Gasteiger partial charge in [0.25, 0.3) is 5.78 Å². The largest absolute Gasteiger partial charge is 0.507 e. The molecule has 3 heterocycles. The van der Waals surface area contributed by atoms with Crippen LogP contribution in [0.15, 0.2) is 66.4 Å². The number of aromatic nitrogens is 2. The molecule has 0 aliphatic carbocycles. The van der Waals surface area contributed by atoms with E-state index in [9.17, 15) is 14.7 Å². The van der Waals surface area contributed by atoms with Crippen molar-refractivity contribution in [2.24, 2.45) is 0 Å². The van der Waals surface area contributed by atoms with Crippen molar-refractivity contribution < 1.29 is 19.4 Å². The third-order valence-electron chi connectivity index (χ3n) is 7.22. The van der Waals surface area contributed by atoms with E-state index in [1.807, 2.05) is 25.1 Å². The zero-order chi connectivity index (χ0) is 29.7. The molecule has 2 aromatic carbocycles. The highest BCUT2D eigenvalue weighted by Crippen LogP contribution is 2.45. The molecule has 1 atom stereocenters. The topological polar surface area (TPSA) is 92.6 Å². The first-order valence-corrected chi connectivity index (χ1v) is 14.5. The monoisotopic (exact) mass is 569 g/mol. The van der Waals surface area contributed by atoms with Crippen LogP contribution in [0.25, 0.3) is 16.0 Å². The number of rotatable bonds is 5. The predicted octanol–water partition coefficient (Wildman–Crippen LogP) is 7.31. The van der Waals surface area contributed by atoms with Gasteiger partial charge in [-0.2, -0.15) is 0 Å². The van der Waals surface area contributed by atoms with Crippen LogP contribution in [0.2, 0.25) is 0 Å². The molecule has 41 heavy (non-hydrogen) atoms. The first-order valence-electron chi connectivity index (χ1n) is 13.7. The van der Waals surface area contributed by atoms with Gasteiger partial charge in [-0.25, -0.2) is 4.98 Å². The molecule has 0 saturated carbocycles. The van der Waals surface area contributed by atoms with Crippen molar-refractivity contribution in [1.82, 2.24) is 9.97 Å². The minimum Gasteiger partial charge on any atom is -0.507 e. The maximum absolute atomic E-state index is 13.7. The average Bonchev–Trinajstić information content (AvgIpc) is 3.45. The normalized spacial score (nSPS) is 17.4. The number of amides is 1. The fourth-order valence-corrected chi connectivity index (χ4v) is 6.06. The summed E-state index contributed by atoms with van der Waals surface area (Å²) < 4.78 is 6.75. The van der Waals surface area contributed by atoms with Crippen LogP contribution < -0.4 is 9.64 Å². The predicted molar refractivity (Wildman–Crippen MR) is 164 cm³/mol. The third kappa shape index (κ3) is 5.24. The van der Waals surface area contributed by atoms with E-state index in [1.54, 1.807) is 36.5 Å². The van der Waals surface area contributed by atoms with Crippen LogP contribution in [0, 0.1) is 0 Å². The molecule has 0 radical (unpaired) electrons. The summed E-state index contributed by atoms with van der Waals surface area (Å²) in [5.41, 5.74) is 3.29. The van der Waals surface area contributed by atoms with Gasteiger partial charge in [-0.15, -0.1) is 0 Å². The Hall–Kier alpha value is -4.04. The van der Waals surface area contributed by atoms with Crippen molar-refractivity contribution in [3.05, 3.63) is 88.8 Å². The highest BCUT2D eigenvalue weighted by Gasteiger charge is 2.49. The first-order chi connectivity index (χ1) is 19.3. The molecule has 1 fully saturated rings. The smallest absolute Gasteiger partial charge is 0.301 e. The number of Topliss-reactive ketones (excluding diaryl/α,β-unsaturated/α-hetero) is 1. The van der Waals surface area contributed by atoms with Gasteiger partial charge in [0.15, 0.2) is 5.13 Å². The molecule has 1 amide bonds. The number of pyridine rings is 1. The molecule has 1 N–H and O–H groups in total. The molecule has 4 aromatic rings. The Labute approximate surface area is 244 Å². The van der Waals surface area contributed by atoms with Crippen molar-refractivity contribution in [3.63, 3.8) is 0 Å². The Bertz CT molecular complexity index is 1680. The van der Waals surface area contributed by atoms with Crippen LogP contribution in [-0.4, -0.2) is 33.4 Å². The number of ketones is 1. The molecule has 1 aliphatic heterocycles. The van der Waals surface area contributed by atoms with E-state index in [2.05, 4.69) is 52.6 Å². The van der Waals surface area contributed by atoms with Crippen LogP contribution in [-0.2, 0) is 20.4 Å². The molecule has 0 bridgehead atoms. The lowest BCUT2D eigenvalue weighted by molar-refractivity contribution is -0.132. The molecule has 212 valence electrons. The molecule has 8 heteroatoms. The highest BCUT2D eigenvalue weighted by molar-refractivity contribution is 7.22. The van der Waals surface area contributed by atoms with Crippen molar-refractivity contribution in [1.29, 1.82) is 0 Å². The number of fused-ring (bicyclic) bond motifs is 1. The molecular formula is C33H35N3O4S. The van der Waals surface area contributed by atoms with Gasteiger partial charge in [-0.1, -0.05) is 65.0 Å². The number of hydrogen-bond donors (Lipinski definition) is 1. The number of ether oxygens (including phenoxy) is 1. The second-order valence-electron chi connectivity index (χ2n) is 12.2. The second kappa shape index (κ2) is 10.4. The Balaban J connectivity index is 1.69. The van der Waals surface area contributed by atoms with Gasteiger partial charge in [0, 0.05) is 17.3 Å². The molecule has 1 unspecified atom stereocenters. The number of aliphatic hydroxyl groups is 1. The van der Waals surface area contributed by atoms with Gasteiger partial charge in [-0.3, -0.25) is 19.5 Å². The Morgan fingerprint density at radius 3 is 2.39 bits per heavy atom. The Kier molecular flexibility index (Phi) is 7.24. The lowest BCUT2D eigenvalue weighted by Gasteiger charge is -2.24. The van der Waals surface area contributed by atoms with Crippen LogP contribution >= 0.6 is 11.3 Å². The molecule has 2 aromatic heterocycles. The average molecular weight is 570 g/mol. The van der Waals surface area contributed by atoms with Gasteiger partial charge in [0.2, 0.25) is 0 Å². The van der Waals surface area contributed by atoms with Crippen molar-refractivity contribution in [2.75, 3.05) is 11.5 Å². The number of hydrogen-bond acceptors (Lipinski definition) is 7. The number of carbonyl (C=O) groups excluding carboxylic acids is 2. The van der Waals surface area contributed by atoms with Crippen LogP contribution in [0.1, 0.15) is 76.9 Å². The van der Waals surface area contributed by atoms with Crippen LogP contribution in [0.5, 0.6) is 5.75 Å². The zero-order valence-corrected chi connectivity index (χ0v) is 25.3. The molecule has 5 rings (SSSR count). The van der Waals surface area contributed by atoms with E-state index in [0.717, 1.165) is 21.3 Å². The summed E-state index contributed by atoms with van der Waals surface area (Å²) in [7, 11) is 0. The van der Waals surface area contributed by atoms with E-state index in [0.29, 0.717) is 28.7 Å². The number of anilines is 1. The maximum Gasteiger partial charge on any atom is 0.301 e. The molecular weight excluding hydrogens is 534 g/mol. The van der Waals surface area contributed by atoms with E-state index in [1.165, 1.54) is 16.2 Å². The zero-order valence-electron chi connectivity index (χ0n) is 24.5. The van der Waals surface area contributed by atoms with Gasteiger partial charge in [0.05, 0.1) is 28.1 Å². The standard InChI is InChI=1S/C33H35N3O4S/c1-8-40-24-15-12-19(17-21(24)33(5,6)7)28(37)26-27(23-11-9-10-16-34-23)36(30(39)29(26)38)31-35-22-14-13-20(32(2,3)4)18-25(22)41-31/h9-18,27,37H,8H2,1-7H3/b28-26+. The van der Waals surface area contributed by atoms with Crippen LogP contribution in [0.3, 0.4) is 0 Å². The summed E-state index contributed by atoms with van der Waals surface area (Å²) in [6.07, 6.45) is 1.61. The van der Waals surface area contributed by atoms with Crippen molar-refractivity contribution in [3.8, 4) is 5.75 Å². The summed E-state index contributed by atoms with van der Waals surface area (Å²) in [5.74, 6) is -1.08. The van der Waals surface area contributed by atoms with Crippen molar-refractivity contribution in [2.45, 2.75) is 65.3 Å². The van der Waals surface area contributed by atoms with E-state index < -0.39 is 17.7 Å². The molecule has 7 nitrogen and oxygen atoms in total. The minimum absolute atomic E-state index is 0.0210. The van der Waals surface area contributed by atoms with E-state index in [-0.39, 0.29) is 22.2 Å². The quantitative estimate of drug-likeness (QED) is 0.154. The molecule has 1 saturated heterocycles. The summed E-state index contributed by atoms with van der Waals surface area (Å²) >= 11 is 1.35. The number of carbonyl (C=O) groups is 2. The van der Waals surface area contributed by atoms with Crippen LogP contribution in [0.4, 0.5) is 5.13 Å². The maximum atomic E-state index is 13.7. The minimum atomic E-state index is -0.941. The SMILES string of the molecule is CCOc1ccc(/C(O)=C2\C(=O)C(=O)N(c3nc4ccc(C(C)(C)C)cc4s3)C2c2ccccn2)cc1C(C)(C)C. The number of nitrogens with zero attached hydrogens (tertiary/aromatic N) is 3. The first kappa shape index (κ1) is 28.5. The lowest BCUT2D eigenvalue weighted by Crippen LogP contribution is -2.29. The Morgan fingerprint density at radius 1 is 1.00 bits per heavy atom. The summed E-state index contributed by atoms with van der Waals surface area (Å²) in [6.45, 7) is 15.0. The van der Waals surface area contributed by atoms with E-state index in [4.69, 9.17) is 9.72 Å². The second-order valence-corrected chi connectivity index (χ2v) is 13.3. The van der Waals surface area contributed by atoms with E-state index >= 15 is 0 Å².